The molecule has 0 aliphatic heterocycles. The summed E-state index contributed by atoms with van der Waals surface area (Å²) in [4.78, 5) is 11.8. The molecule has 2 heterocycles. The van der Waals surface area contributed by atoms with Crippen LogP contribution in [0.4, 0.5) is 4.39 Å². The summed E-state index contributed by atoms with van der Waals surface area (Å²) < 4.78 is 16.5. The van der Waals surface area contributed by atoms with Crippen LogP contribution >= 0.6 is 0 Å². The fourth-order valence-corrected chi connectivity index (χ4v) is 5.36. The number of fused-ring (bicyclic) bond motifs is 1. The molecule has 0 saturated heterocycles. The number of aromatic nitrogens is 2. The van der Waals surface area contributed by atoms with Gasteiger partial charge in [-0.25, -0.2) is 0 Å². The third-order valence-corrected chi connectivity index (χ3v) is 9.24. The summed E-state index contributed by atoms with van der Waals surface area (Å²) in [5, 5.41) is 0. The van der Waals surface area contributed by atoms with E-state index in [1.807, 2.05) is 6.20 Å². The molecule has 102 valence electrons. The zero-order valence-electron chi connectivity index (χ0n) is 11.9. The second kappa shape index (κ2) is 4.88. The van der Waals surface area contributed by atoms with E-state index in [9.17, 15) is 4.39 Å². The third-order valence-electron chi connectivity index (χ3n) is 3.46. The molecule has 20 heavy (non-hydrogen) atoms. The first-order chi connectivity index (χ1) is 9.43. The molecule has 0 radical (unpaired) electrons. The number of imidazole rings is 1. The molecular formula is C16H17FN2Sn. The van der Waals surface area contributed by atoms with Crippen LogP contribution in [-0.2, 0) is 0 Å². The predicted molar refractivity (Wildman–Crippen MR) is 83.6 cm³/mol. The number of hydrogen-bond acceptors (Lipinski definition) is 1. The van der Waals surface area contributed by atoms with Crippen molar-refractivity contribution < 1.29 is 4.39 Å². The van der Waals surface area contributed by atoms with Gasteiger partial charge in [-0.05, 0) is 0 Å². The summed E-state index contributed by atoms with van der Waals surface area (Å²) >= 11 is -2.06. The summed E-state index contributed by atoms with van der Waals surface area (Å²) in [6, 6.07) is 10.7. The van der Waals surface area contributed by atoms with Crippen LogP contribution in [0.2, 0.25) is 14.8 Å². The van der Waals surface area contributed by atoms with Gasteiger partial charge < -0.3 is 0 Å². The number of hydrogen-bond donors (Lipinski definition) is 0. The van der Waals surface area contributed by atoms with Gasteiger partial charge in [-0.1, -0.05) is 0 Å². The van der Waals surface area contributed by atoms with Crippen molar-refractivity contribution in [2.45, 2.75) is 14.8 Å². The third kappa shape index (κ3) is 2.59. The Morgan fingerprint density at radius 2 is 1.65 bits per heavy atom. The van der Waals surface area contributed by atoms with Crippen LogP contribution in [0.5, 0.6) is 0 Å². The molecule has 0 aliphatic carbocycles. The minimum absolute atomic E-state index is 0.221. The molecule has 0 atom stereocenters. The van der Waals surface area contributed by atoms with Crippen LogP contribution in [0.15, 0.2) is 48.8 Å². The van der Waals surface area contributed by atoms with Gasteiger partial charge in [0, 0.05) is 0 Å². The second-order valence-electron chi connectivity index (χ2n) is 6.07. The van der Waals surface area contributed by atoms with Crippen LogP contribution in [0.1, 0.15) is 0 Å². The van der Waals surface area contributed by atoms with Crippen molar-refractivity contribution in [3.63, 3.8) is 0 Å². The Morgan fingerprint density at radius 1 is 0.950 bits per heavy atom. The number of pyridine rings is 1. The van der Waals surface area contributed by atoms with Crippen LogP contribution in [-0.4, -0.2) is 27.8 Å². The maximum absolute atomic E-state index is 13.0. The molecule has 0 bridgehead atoms. The zero-order valence-corrected chi connectivity index (χ0v) is 14.7. The molecule has 0 fully saturated rings. The summed E-state index contributed by atoms with van der Waals surface area (Å²) in [7, 11) is 0. The summed E-state index contributed by atoms with van der Waals surface area (Å²) in [6.45, 7) is 0. The molecule has 0 N–H and O–H groups in total. The maximum atomic E-state index is 13.0. The molecule has 0 aliphatic rings. The summed E-state index contributed by atoms with van der Waals surface area (Å²) in [5.74, 6) is -0.221. The van der Waals surface area contributed by atoms with Crippen molar-refractivity contribution in [2.75, 3.05) is 0 Å². The van der Waals surface area contributed by atoms with E-state index in [1.165, 1.54) is 15.7 Å². The SMILES string of the molecule is [CH3][Sn]([CH3])([CH3])[c]1ccc2nc(-c3ccc(F)cc3)cn2c1. The van der Waals surface area contributed by atoms with E-state index in [0.29, 0.717) is 0 Å². The number of halogens is 1. The van der Waals surface area contributed by atoms with Gasteiger partial charge in [0.2, 0.25) is 0 Å². The van der Waals surface area contributed by atoms with Crippen molar-refractivity contribution in [1.29, 1.82) is 0 Å². The standard InChI is InChI=1S/C13H8FN2.3CH3.Sn/c14-11-6-4-10(5-7-11)12-9-16-8-2-1-3-13(16)15-12;;;;/h1,3-9H;3*1H3;. The first kappa shape index (κ1) is 13.6. The molecule has 2 nitrogen and oxygen atoms in total. The monoisotopic (exact) mass is 376 g/mol. The molecule has 0 unspecified atom stereocenters. The second-order valence-corrected chi connectivity index (χ2v) is 20.6. The van der Waals surface area contributed by atoms with E-state index in [2.05, 4.69) is 42.5 Å². The first-order valence-electron chi connectivity index (χ1n) is 6.69. The van der Waals surface area contributed by atoms with Gasteiger partial charge in [0.1, 0.15) is 0 Å². The average Bonchev–Trinajstić information content (AvgIpc) is 2.81. The predicted octanol–water partition coefficient (Wildman–Crippen LogP) is 3.69. The molecule has 2 aromatic heterocycles. The topological polar surface area (TPSA) is 17.3 Å². The van der Waals surface area contributed by atoms with Gasteiger partial charge in [0.05, 0.1) is 0 Å². The number of benzene rings is 1. The van der Waals surface area contributed by atoms with Crippen LogP contribution in [0.3, 0.4) is 0 Å². The van der Waals surface area contributed by atoms with Gasteiger partial charge >= 0.3 is 122 Å². The summed E-state index contributed by atoms with van der Waals surface area (Å²) in [6.07, 6.45) is 4.22. The van der Waals surface area contributed by atoms with E-state index >= 15 is 0 Å². The fourth-order valence-electron chi connectivity index (χ4n) is 2.20. The van der Waals surface area contributed by atoms with Gasteiger partial charge in [-0.2, -0.15) is 0 Å². The van der Waals surface area contributed by atoms with Crippen LogP contribution < -0.4 is 3.58 Å². The van der Waals surface area contributed by atoms with Crippen molar-refractivity contribution in [3.8, 4) is 11.3 Å². The molecule has 4 heteroatoms. The molecule has 3 aromatic rings. The Morgan fingerprint density at radius 3 is 2.30 bits per heavy atom. The molecule has 3 rings (SSSR count). The van der Waals surface area contributed by atoms with Crippen molar-refractivity contribution in [1.82, 2.24) is 9.38 Å². The Labute approximate surface area is 122 Å². The van der Waals surface area contributed by atoms with E-state index in [1.54, 1.807) is 12.1 Å². The van der Waals surface area contributed by atoms with Crippen LogP contribution in [0, 0.1) is 5.82 Å². The number of rotatable bonds is 2. The quantitative estimate of drug-likeness (QED) is 0.625. The van der Waals surface area contributed by atoms with E-state index in [-0.39, 0.29) is 5.82 Å². The Balaban J connectivity index is 2.09. The van der Waals surface area contributed by atoms with Crippen molar-refractivity contribution in [2.24, 2.45) is 0 Å². The van der Waals surface area contributed by atoms with Gasteiger partial charge in [0.25, 0.3) is 0 Å². The molecular weight excluding hydrogens is 358 g/mol. The first-order valence-corrected chi connectivity index (χ1v) is 16.7. The van der Waals surface area contributed by atoms with Crippen molar-refractivity contribution >= 4 is 27.6 Å². The van der Waals surface area contributed by atoms with Gasteiger partial charge in [-0.3, -0.25) is 0 Å². The molecule has 0 saturated carbocycles. The van der Waals surface area contributed by atoms with Gasteiger partial charge in [-0.15, -0.1) is 0 Å². The van der Waals surface area contributed by atoms with E-state index in [4.69, 9.17) is 0 Å². The zero-order chi connectivity index (χ0) is 14.3. The molecule has 1 aromatic carbocycles. The number of nitrogens with zero attached hydrogens (tertiary/aromatic N) is 2. The van der Waals surface area contributed by atoms with E-state index in [0.717, 1.165) is 16.9 Å². The fraction of sp³-hybridized carbons (Fsp3) is 0.188. The van der Waals surface area contributed by atoms with Crippen LogP contribution in [0.25, 0.3) is 16.9 Å². The average molecular weight is 375 g/mol. The Kier molecular flexibility index (Phi) is 3.32. The van der Waals surface area contributed by atoms with Crippen molar-refractivity contribution in [3.05, 3.63) is 54.6 Å². The Bertz CT molecular complexity index is 754. The molecule has 0 spiro atoms. The molecule has 0 amide bonds. The minimum atomic E-state index is -2.06. The Hall–Kier alpha value is -1.36. The van der Waals surface area contributed by atoms with E-state index < -0.39 is 18.4 Å². The normalized spacial score (nSPS) is 12.0. The summed E-state index contributed by atoms with van der Waals surface area (Å²) in [5.41, 5.74) is 2.76. The van der Waals surface area contributed by atoms with Gasteiger partial charge in [0.15, 0.2) is 0 Å².